The molecule has 0 saturated carbocycles. The Bertz CT molecular complexity index is 525. The van der Waals surface area contributed by atoms with E-state index >= 15 is 0 Å². The third kappa shape index (κ3) is 3.71. The molecule has 9 heteroatoms. The van der Waals surface area contributed by atoms with Gasteiger partial charge in [0, 0.05) is 19.0 Å². The van der Waals surface area contributed by atoms with Gasteiger partial charge in [-0.15, -0.1) is 0 Å². The fraction of sp³-hybridized carbons (Fsp3) is 0.636. The SMILES string of the molecule is CCC1CN=C(CCCN(N)c2sc(=O)[nH]c2O)NN1. The van der Waals surface area contributed by atoms with E-state index in [-0.39, 0.29) is 10.8 Å². The zero-order valence-electron chi connectivity index (χ0n) is 11.3. The molecule has 20 heavy (non-hydrogen) atoms. The van der Waals surface area contributed by atoms with Gasteiger partial charge >= 0.3 is 4.87 Å². The summed E-state index contributed by atoms with van der Waals surface area (Å²) in [7, 11) is 0. The van der Waals surface area contributed by atoms with Crippen molar-refractivity contribution in [2.24, 2.45) is 10.8 Å². The van der Waals surface area contributed by atoms with Crippen LogP contribution >= 0.6 is 11.3 Å². The van der Waals surface area contributed by atoms with Gasteiger partial charge in [-0.2, -0.15) is 0 Å². The van der Waals surface area contributed by atoms with E-state index in [0.717, 1.165) is 43.0 Å². The molecule has 2 rings (SSSR count). The van der Waals surface area contributed by atoms with Crippen LogP contribution in [0.25, 0.3) is 0 Å². The number of aromatic amines is 1. The van der Waals surface area contributed by atoms with E-state index < -0.39 is 0 Å². The third-order valence-electron chi connectivity index (χ3n) is 3.10. The van der Waals surface area contributed by atoms with E-state index in [1.165, 1.54) is 5.01 Å². The quantitative estimate of drug-likeness (QED) is 0.369. The van der Waals surface area contributed by atoms with Crippen molar-refractivity contribution in [2.45, 2.75) is 32.2 Å². The van der Waals surface area contributed by atoms with Crippen LogP contribution in [0, 0.1) is 0 Å². The summed E-state index contributed by atoms with van der Waals surface area (Å²) >= 11 is 0.893. The van der Waals surface area contributed by atoms with Crippen molar-refractivity contribution in [1.82, 2.24) is 15.8 Å². The Labute approximate surface area is 120 Å². The number of hydrogen-bond donors (Lipinski definition) is 5. The number of hydrogen-bond acceptors (Lipinski definition) is 8. The van der Waals surface area contributed by atoms with Gasteiger partial charge < -0.3 is 10.5 Å². The lowest BCUT2D eigenvalue weighted by molar-refractivity contribution is 0.453. The molecule has 1 aromatic rings. The van der Waals surface area contributed by atoms with Gasteiger partial charge in [-0.3, -0.25) is 19.8 Å². The second-order valence-electron chi connectivity index (χ2n) is 4.63. The Morgan fingerprint density at radius 1 is 1.60 bits per heavy atom. The van der Waals surface area contributed by atoms with E-state index in [1.54, 1.807) is 0 Å². The molecule has 112 valence electrons. The predicted molar refractivity (Wildman–Crippen MR) is 80.0 cm³/mol. The molecule has 0 saturated heterocycles. The van der Waals surface area contributed by atoms with Crippen LogP contribution in [0.2, 0.25) is 0 Å². The first-order chi connectivity index (χ1) is 9.60. The van der Waals surface area contributed by atoms with Gasteiger partial charge in [0.05, 0.1) is 6.54 Å². The first kappa shape index (κ1) is 14.8. The van der Waals surface area contributed by atoms with Crippen molar-refractivity contribution >= 4 is 22.2 Å². The average Bonchev–Trinajstić information content (AvgIpc) is 2.78. The molecular weight excluding hydrogens is 280 g/mol. The average molecular weight is 300 g/mol. The molecule has 8 nitrogen and oxygen atoms in total. The van der Waals surface area contributed by atoms with Gasteiger partial charge in [-0.1, -0.05) is 18.3 Å². The van der Waals surface area contributed by atoms with Gasteiger partial charge in [0.15, 0.2) is 5.00 Å². The Kier molecular flexibility index (Phi) is 4.99. The summed E-state index contributed by atoms with van der Waals surface area (Å²) in [5, 5.41) is 11.2. The van der Waals surface area contributed by atoms with Crippen LogP contribution in [0.3, 0.4) is 0 Å². The maximum atomic E-state index is 11.1. The van der Waals surface area contributed by atoms with Crippen LogP contribution in [-0.4, -0.2) is 35.1 Å². The Morgan fingerprint density at radius 2 is 2.40 bits per heavy atom. The fourth-order valence-electron chi connectivity index (χ4n) is 1.89. The molecule has 0 amide bonds. The standard InChI is InChI=1S/C11H20N6O2S/c1-2-7-6-13-8(16-15-7)4-3-5-17(12)10-9(18)14-11(19)20-10/h7,15,18H,2-6,12H2,1H3,(H,13,16)(H,14,19). The van der Waals surface area contributed by atoms with Crippen LogP contribution in [0.1, 0.15) is 26.2 Å². The maximum Gasteiger partial charge on any atom is 0.309 e. The largest absolute Gasteiger partial charge is 0.492 e. The van der Waals surface area contributed by atoms with Gasteiger partial charge in [-0.05, 0) is 12.8 Å². The number of rotatable bonds is 6. The molecule has 0 fully saturated rings. The number of aromatic hydroxyl groups is 1. The fourth-order valence-corrected chi connectivity index (χ4v) is 2.57. The normalized spacial score (nSPS) is 18.5. The number of nitrogens with two attached hydrogens (primary N) is 1. The molecule has 1 aliphatic heterocycles. The van der Waals surface area contributed by atoms with E-state index in [1.807, 2.05) is 0 Å². The molecule has 1 aliphatic rings. The first-order valence-corrected chi connectivity index (χ1v) is 7.41. The van der Waals surface area contributed by atoms with Crippen molar-refractivity contribution in [1.29, 1.82) is 0 Å². The van der Waals surface area contributed by atoms with E-state index in [4.69, 9.17) is 5.84 Å². The topological polar surface area (TPSA) is 119 Å². The smallest absolute Gasteiger partial charge is 0.309 e. The summed E-state index contributed by atoms with van der Waals surface area (Å²) in [5.74, 6) is 6.55. The number of H-pyrrole nitrogens is 1. The molecule has 1 unspecified atom stereocenters. The molecule has 0 radical (unpaired) electrons. The lowest BCUT2D eigenvalue weighted by atomic mass is 10.2. The number of anilines is 1. The zero-order valence-corrected chi connectivity index (χ0v) is 12.2. The second kappa shape index (κ2) is 6.73. The van der Waals surface area contributed by atoms with Gasteiger partial charge in [-0.25, -0.2) is 11.3 Å². The summed E-state index contributed by atoms with van der Waals surface area (Å²) in [6.07, 6.45) is 2.57. The maximum absolute atomic E-state index is 11.1. The second-order valence-corrected chi connectivity index (χ2v) is 5.59. The van der Waals surface area contributed by atoms with Gasteiger partial charge in [0.2, 0.25) is 5.88 Å². The number of aliphatic imine (C=N–C) groups is 1. The summed E-state index contributed by atoms with van der Waals surface area (Å²) < 4.78 is 0. The summed E-state index contributed by atoms with van der Waals surface area (Å²) in [5.41, 5.74) is 6.28. The highest BCUT2D eigenvalue weighted by molar-refractivity contribution is 7.13. The number of amidine groups is 1. The van der Waals surface area contributed by atoms with Crippen molar-refractivity contribution in [3.05, 3.63) is 9.67 Å². The minimum Gasteiger partial charge on any atom is -0.492 e. The summed E-state index contributed by atoms with van der Waals surface area (Å²) in [4.78, 5) is 17.5. The third-order valence-corrected chi connectivity index (χ3v) is 4.01. The molecule has 1 atom stereocenters. The lowest BCUT2D eigenvalue weighted by Gasteiger charge is -2.24. The first-order valence-electron chi connectivity index (χ1n) is 6.59. The number of nitrogens with zero attached hydrogens (tertiary/aromatic N) is 2. The highest BCUT2D eigenvalue weighted by Crippen LogP contribution is 2.25. The van der Waals surface area contributed by atoms with Crippen molar-refractivity contribution in [2.75, 3.05) is 18.1 Å². The molecule has 6 N–H and O–H groups in total. The molecule has 2 heterocycles. The molecule has 0 bridgehead atoms. The van der Waals surface area contributed by atoms with Crippen molar-refractivity contribution in [3.8, 4) is 5.88 Å². The molecule has 1 aromatic heterocycles. The Hall–Kier alpha value is -1.58. The van der Waals surface area contributed by atoms with Crippen molar-refractivity contribution in [3.63, 3.8) is 0 Å². The Morgan fingerprint density at radius 3 is 2.95 bits per heavy atom. The van der Waals surface area contributed by atoms with E-state index in [0.29, 0.717) is 17.6 Å². The predicted octanol–water partition coefficient (Wildman–Crippen LogP) is -0.113. The summed E-state index contributed by atoms with van der Waals surface area (Å²) in [6.45, 7) is 3.42. The minimum atomic E-state index is -0.318. The molecule has 0 aromatic carbocycles. The van der Waals surface area contributed by atoms with Crippen LogP contribution in [0.15, 0.2) is 9.79 Å². The van der Waals surface area contributed by atoms with Gasteiger partial charge in [0.25, 0.3) is 0 Å². The van der Waals surface area contributed by atoms with Crippen LogP contribution in [0.4, 0.5) is 5.00 Å². The van der Waals surface area contributed by atoms with Crippen LogP contribution in [-0.2, 0) is 0 Å². The number of nitrogens with one attached hydrogen (secondary N) is 3. The lowest BCUT2D eigenvalue weighted by Crippen LogP contribution is -2.49. The monoisotopic (exact) mass is 300 g/mol. The molecular formula is C11H20N6O2S. The van der Waals surface area contributed by atoms with Crippen LogP contribution < -0.4 is 26.6 Å². The highest BCUT2D eigenvalue weighted by atomic mass is 32.1. The van der Waals surface area contributed by atoms with E-state index in [2.05, 4.69) is 27.8 Å². The Balaban J connectivity index is 1.77. The number of aromatic nitrogens is 1. The zero-order chi connectivity index (χ0) is 14.5. The van der Waals surface area contributed by atoms with E-state index in [9.17, 15) is 9.90 Å². The number of hydrazine groups is 2. The highest BCUT2D eigenvalue weighted by Gasteiger charge is 2.14. The molecule has 0 spiro atoms. The van der Waals surface area contributed by atoms with Crippen molar-refractivity contribution < 1.29 is 5.11 Å². The summed E-state index contributed by atoms with van der Waals surface area (Å²) in [6, 6.07) is 0.388. The van der Waals surface area contributed by atoms with Gasteiger partial charge in [0.1, 0.15) is 5.84 Å². The van der Waals surface area contributed by atoms with Crippen LogP contribution in [0.5, 0.6) is 5.88 Å². The minimum absolute atomic E-state index is 0.178. The number of thiazole rings is 1. The molecule has 0 aliphatic carbocycles.